The number of aromatic amines is 1. The van der Waals surface area contributed by atoms with Crippen molar-refractivity contribution in [3.63, 3.8) is 0 Å². The third-order valence-corrected chi connectivity index (χ3v) is 3.87. The smallest absolute Gasteiger partial charge is 0.226 e. The van der Waals surface area contributed by atoms with Crippen molar-refractivity contribution in [3.05, 3.63) is 41.8 Å². The summed E-state index contributed by atoms with van der Waals surface area (Å²) in [6, 6.07) is 10.3. The Bertz CT molecular complexity index is 700. The molecule has 0 amide bonds. The van der Waals surface area contributed by atoms with E-state index in [1.807, 2.05) is 18.2 Å². The maximum absolute atomic E-state index is 5.87. The van der Waals surface area contributed by atoms with Gasteiger partial charge in [-0.15, -0.1) is 11.8 Å². The predicted molar refractivity (Wildman–Crippen MR) is 82.3 cm³/mol. The summed E-state index contributed by atoms with van der Waals surface area (Å²) in [7, 11) is 0. The zero-order valence-corrected chi connectivity index (χ0v) is 12.1. The molecule has 102 valence electrons. The second kappa shape index (κ2) is 6.11. The van der Waals surface area contributed by atoms with Crippen LogP contribution in [0.5, 0.6) is 0 Å². The van der Waals surface area contributed by atoms with E-state index >= 15 is 0 Å². The summed E-state index contributed by atoms with van der Waals surface area (Å²) >= 11 is 7.66. The van der Waals surface area contributed by atoms with Crippen molar-refractivity contribution in [2.24, 2.45) is 0 Å². The second-order valence-electron chi connectivity index (χ2n) is 4.06. The first-order chi connectivity index (χ1) is 9.83. The molecule has 0 radical (unpaired) electrons. The molecule has 7 heteroatoms. The number of rotatable bonds is 5. The van der Waals surface area contributed by atoms with E-state index in [-0.39, 0.29) is 5.28 Å². The Balaban J connectivity index is 1.61. The average molecular weight is 306 g/mol. The van der Waals surface area contributed by atoms with Crippen molar-refractivity contribution in [3.8, 4) is 0 Å². The molecule has 0 saturated heterocycles. The minimum Gasteiger partial charge on any atom is -0.368 e. The first-order valence-electron chi connectivity index (χ1n) is 6.11. The van der Waals surface area contributed by atoms with Gasteiger partial charge in [-0.3, -0.25) is 5.10 Å². The first kappa shape index (κ1) is 13.2. The van der Waals surface area contributed by atoms with Crippen LogP contribution in [0.3, 0.4) is 0 Å². The predicted octanol–water partition coefficient (Wildman–Crippen LogP) is 3.21. The molecule has 2 aromatic heterocycles. The normalized spacial score (nSPS) is 10.8. The number of hydrogen-bond donors (Lipinski definition) is 2. The maximum Gasteiger partial charge on any atom is 0.226 e. The van der Waals surface area contributed by atoms with E-state index in [9.17, 15) is 0 Å². The number of halogens is 1. The number of thioether (sulfide) groups is 1. The van der Waals surface area contributed by atoms with E-state index in [0.29, 0.717) is 11.5 Å². The molecule has 20 heavy (non-hydrogen) atoms. The van der Waals surface area contributed by atoms with Crippen molar-refractivity contribution in [2.45, 2.75) is 4.90 Å². The van der Waals surface area contributed by atoms with Gasteiger partial charge < -0.3 is 5.32 Å². The summed E-state index contributed by atoms with van der Waals surface area (Å²) in [4.78, 5) is 9.51. The number of hydrogen-bond acceptors (Lipinski definition) is 5. The lowest BCUT2D eigenvalue weighted by Crippen LogP contribution is -2.06. The van der Waals surface area contributed by atoms with Crippen LogP contribution in [0.2, 0.25) is 5.28 Å². The standard InChI is InChI=1S/C13H12ClN5S/c14-13-17-11(10-8-16-19-12(10)18-13)15-6-7-20-9-4-2-1-3-5-9/h1-5,8H,6-7H2,(H2,15,16,17,18,19). The Labute approximate surface area is 125 Å². The van der Waals surface area contributed by atoms with Gasteiger partial charge in [-0.2, -0.15) is 15.1 Å². The van der Waals surface area contributed by atoms with Gasteiger partial charge in [0.05, 0.1) is 11.6 Å². The topological polar surface area (TPSA) is 66.5 Å². The number of anilines is 1. The van der Waals surface area contributed by atoms with Crippen LogP contribution in [0, 0.1) is 0 Å². The molecule has 0 spiro atoms. The molecular formula is C13H12ClN5S. The average Bonchev–Trinajstić information content (AvgIpc) is 2.92. The van der Waals surface area contributed by atoms with Crippen LogP contribution < -0.4 is 5.32 Å². The number of nitrogens with one attached hydrogen (secondary N) is 2. The van der Waals surface area contributed by atoms with E-state index in [2.05, 4.69) is 37.6 Å². The molecule has 3 aromatic rings. The summed E-state index contributed by atoms with van der Waals surface area (Å²) in [6.45, 7) is 0.785. The SMILES string of the molecule is Clc1nc(NCCSc2ccccc2)c2cn[nH]c2n1. The highest BCUT2D eigenvalue weighted by molar-refractivity contribution is 7.99. The van der Waals surface area contributed by atoms with Crippen molar-refractivity contribution < 1.29 is 0 Å². The fraction of sp³-hybridized carbons (Fsp3) is 0.154. The van der Waals surface area contributed by atoms with Crippen LogP contribution >= 0.6 is 23.4 Å². The Kier molecular flexibility index (Phi) is 4.03. The zero-order chi connectivity index (χ0) is 13.8. The first-order valence-corrected chi connectivity index (χ1v) is 7.47. The highest BCUT2D eigenvalue weighted by Crippen LogP contribution is 2.21. The van der Waals surface area contributed by atoms with Gasteiger partial charge in [0.15, 0.2) is 5.65 Å². The number of nitrogens with zero attached hydrogens (tertiary/aromatic N) is 3. The Morgan fingerprint density at radius 3 is 2.90 bits per heavy atom. The van der Waals surface area contributed by atoms with E-state index in [1.165, 1.54) is 4.90 Å². The molecular weight excluding hydrogens is 294 g/mol. The molecule has 2 heterocycles. The molecule has 0 aliphatic carbocycles. The van der Waals surface area contributed by atoms with Gasteiger partial charge in [0, 0.05) is 17.2 Å². The summed E-state index contributed by atoms with van der Waals surface area (Å²) < 4.78 is 0. The quantitative estimate of drug-likeness (QED) is 0.430. The van der Waals surface area contributed by atoms with Crippen LogP contribution in [0.15, 0.2) is 41.4 Å². The minimum absolute atomic E-state index is 0.208. The second-order valence-corrected chi connectivity index (χ2v) is 5.57. The Hall–Kier alpha value is -1.79. The third kappa shape index (κ3) is 3.02. The lowest BCUT2D eigenvalue weighted by atomic mass is 10.4. The molecule has 2 N–H and O–H groups in total. The van der Waals surface area contributed by atoms with Gasteiger partial charge in [0.1, 0.15) is 5.82 Å². The summed E-state index contributed by atoms with van der Waals surface area (Å²) in [5, 5.41) is 11.1. The third-order valence-electron chi connectivity index (χ3n) is 2.69. The van der Waals surface area contributed by atoms with E-state index < -0.39 is 0 Å². The van der Waals surface area contributed by atoms with Crippen molar-refractivity contribution in [1.29, 1.82) is 0 Å². The monoisotopic (exact) mass is 305 g/mol. The molecule has 0 saturated carbocycles. The Morgan fingerprint density at radius 1 is 1.20 bits per heavy atom. The summed E-state index contributed by atoms with van der Waals surface area (Å²) in [5.41, 5.74) is 0.642. The van der Waals surface area contributed by atoms with Crippen LogP contribution in [0.4, 0.5) is 5.82 Å². The van der Waals surface area contributed by atoms with E-state index in [0.717, 1.165) is 17.7 Å². The van der Waals surface area contributed by atoms with Gasteiger partial charge in [0.2, 0.25) is 5.28 Å². The summed E-state index contributed by atoms with van der Waals surface area (Å²) in [6.07, 6.45) is 1.69. The number of fused-ring (bicyclic) bond motifs is 1. The minimum atomic E-state index is 0.208. The van der Waals surface area contributed by atoms with Crippen molar-refractivity contribution in [2.75, 3.05) is 17.6 Å². The highest BCUT2D eigenvalue weighted by atomic mass is 35.5. The van der Waals surface area contributed by atoms with Gasteiger partial charge in [0.25, 0.3) is 0 Å². The van der Waals surface area contributed by atoms with E-state index in [1.54, 1.807) is 18.0 Å². The largest absolute Gasteiger partial charge is 0.368 e. The van der Waals surface area contributed by atoms with Gasteiger partial charge >= 0.3 is 0 Å². The molecule has 0 fully saturated rings. The molecule has 0 bridgehead atoms. The molecule has 0 atom stereocenters. The fourth-order valence-corrected chi connectivity index (χ4v) is 2.76. The van der Waals surface area contributed by atoms with Crippen LogP contribution in [-0.4, -0.2) is 32.5 Å². The van der Waals surface area contributed by atoms with Gasteiger partial charge in [-0.05, 0) is 23.7 Å². The molecule has 5 nitrogen and oxygen atoms in total. The summed E-state index contributed by atoms with van der Waals surface area (Å²) in [5.74, 6) is 1.65. The van der Waals surface area contributed by atoms with E-state index in [4.69, 9.17) is 11.6 Å². The van der Waals surface area contributed by atoms with Crippen LogP contribution in [0.25, 0.3) is 11.0 Å². The number of aromatic nitrogens is 4. The Morgan fingerprint density at radius 2 is 2.05 bits per heavy atom. The highest BCUT2D eigenvalue weighted by Gasteiger charge is 2.07. The van der Waals surface area contributed by atoms with Gasteiger partial charge in [-0.1, -0.05) is 18.2 Å². The van der Waals surface area contributed by atoms with Crippen LogP contribution in [0.1, 0.15) is 0 Å². The maximum atomic E-state index is 5.87. The van der Waals surface area contributed by atoms with Crippen molar-refractivity contribution >= 4 is 40.2 Å². The molecule has 0 aliphatic rings. The van der Waals surface area contributed by atoms with Gasteiger partial charge in [-0.25, -0.2) is 0 Å². The molecule has 1 aromatic carbocycles. The van der Waals surface area contributed by atoms with Crippen molar-refractivity contribution in [1.82, 2.24) is 20.2 Å². The fourth-order valence-electron chi connectivity index (χ4n) is 1.80. The lowest BCUT2D eigenvalue weighted by molar-refractivity contribution is 1.09. The molecule has 0 unspecified atom stereocenters. The number of H-pyrrole nitrogens is 1. The van der Waals surface area contributed by atoms with Crippen LogP contribution in [-0.2, 0) is 0 Å². The molecule has 0 aliphatic heterocycles. The lowest BCUT2D eigenvalue weighted by Gasteiger charge is -2.06. The zero-order valence-electron chi connectivity index (χ0n) is 10.5. The molecule has 3 rings (SSSR count). The number of benzene rings is 1.